The first kappa shape index (κ1) is 8.01. The van der Waals surface area contributed by atoms with Crippen LogP contribution in [0.15, 0.2) is 6.20 Å². The standard InChI is InChI=1S/C8H12N2OS/c9-7-5-10-8(12-7)6-3-1-2-4-11-6/h5-6H,1-4,9H2. The van der Waals surface area contributed by atoms with E-state index in [-0.39, 0.29) is 6.10 Å². The van der Waals surface area contributed by atoms with Crippen molar-refractivity contribution in [3.8, 4) is 0 Å². The molecule has 1 aromatic heterocycles. The highest BCUT2D eigenvalue weighted by molar-refractivity contribution is 7.15. The van der Waals surface area contributed by atoms with Crippen LogP contribution in [-0.2, 0) is 4.74 Å². The van der Waals surface area contributed by atoms with Crippen molar-refractivity contribution in [2.24, 2.45) is 0 Å². The zero-order valence-electron chi connectivity index (χ0n) is 6.82. The summed E-state index contributed by atoms with van der Waals surface area (Å²) in [6.07, 6.45) is 5.42. The van der Waals surface area contributed by atoms with Gasteiger partial charge in [-0.25, -0.2) is 4.98 Å². The highest BCUT2D eigenvalue weighted by Crippen LogP contribution is 2.31. The average molecular weight is 184 g/mol. The van der Waals surface area contributed by atoms with Gasteiger partial charge in [0.15, 0.2) is 0 Å². The maximum absolute atomic E-state index is 5.59. The molecule has 2 heterocycles. The number of nitrogens with two attached hydrogens (primary N) is 1. The second-order valence-electron chi connectivity index (χ2n) is 2.96. The fourth-order valence-electron chi connectivity index (χ4n) is 1.39. The van der Waals surface area contributed by atoms with Crippen molar-refractivity contribution in [2.75, 3.05) is 12.3 Å². The van der Waals surface area contributed by atoms with Gasteiger partial charge in [-0.1, -0.05) is 11.3 Å². The lowest BCUT2D eigenvalue weighted by Crippen LogP contribution is -2.10. The number of hydrogen-bond donors (Lipinski definition) is 1. The van der Waals surface area contributed by atoms with Gasteiger partial charge in [-0.05, 0) is 19.3 Å². The van der Waals surface area contributed by atoms with Crippen LogP contribution in [0.5, 0.6) is 0 Å². The Hall–Kier alpha value is -0.610. The number of nitrogen functional groups attached to an aromatic ring is 1. The first-order chi connectivity index (χ1) is 5.86. The second-order valence-corrected chi connectivity index (χ2v) is 4.05. The molecule has 2 rings (SSSR count). The Kier molecular flexibility index (Phi) is 2.28. The molecule has 0 bridgehead atoms. The maximum atomic E-state index is 5.59. The van der Waals surface area contributed by atoms with Gasteiger partial charge < -0.3 is 10.5 Å². The van der Waals surface area contributed by atoms with Crippen LogP contribution in [0.3, 0.4) is 0 Å². The molecule has 66 valence electrons. The van der Waals surface area contributed by atoms with Gasteiger partial charge >= 0.3 is 0 Å². The number of anilines is 1. The van der Waals surface area contributed by atoms with Crippen LogP contribution in [0, 0.1) is 0 Å². The molecule has 1 aromatic rings. The molecule has 1 fully saturated rings. The first-order valence-electron chi connectivity index (χ1n) is 4.19. The molecule has 1 aliphatic heterocycles. The van der Waals surface area contributed by atoms with Crippen molar-refractivity contribution in [3.05, 3.63) is 11.2 Å². The van der Waals surface area contributed by atoms with Gasteiger partial charge in [0.1, 0.15) is 16.1 Å². The number of rotatable bonds is 1. The molecule has 12 heavy (non-hydrogen) atoms. The van der Waals surface area contributed by atoms with Crippen LogP contribution in [0.1, 0.15) is 30.4 Å². The lowest BCUT2D eigenvalue weighted by atomic mass is 10.1. The molecule has 1 atom stereocenters. The fraction of sp³-hybridized carbons (Fsp3) is 0.625. The summed E-state index contributed by atoms with van der Waals surface area (Å²) in [6.45, 7) is 0.865. The highest BCUT2D eigenvalue weighted by atomic mass is 32.1. The molecule has 0 aliphatic carbocycles. The zero-order valence-corrected chi connectivity index (χ0v) is 7.64. The van der Waals surface area contributed by atoms with Crippen molar-refractivity contribution < 1.29 is 4.74 Å². The monoisotopic (exact) mass is 184 g/mol. The van der Waals surface area contributed by atoms with Gasteiger partial charge in [-0.3, -0.25) is 0 Å². The number of aromatic nitrogens is 1. The quantitative estimate of drug-likeness (QED) is 0.725. The Morgan fingerprint density at radius 1 is 1.58 bits per heavy atom. The van der Waals surface area contributed by atoms with Crippen molar-refractivity contribution in [1.82, 2.24) is 4.98 Å². The lowest BCUT2D eigenvalue weighted by Gasteiger charge is -2.20. The molecule has 2 N–H and O–H groups in total. The highest BCUT2D eigenvalue weighted by Gasteiger charge is 2.18. The molecule has 1 aliphatic rings. The summed E-state index contributed by atoms with van der Waals surface area (Å²) in [7, 11) is 0. The summed E-state index contributed by atoms with van der Waals surface area (Å²) in [6, 6.07) is 0. The van der Waals surface area contributed by atoms with Gasteiger partial charge in [-0.2, -0.15) is 0 Å². The minimum atomic E-state index is 0.209. The fourth-order valence-corrected chi connectivity index (χ4v) is 2.15. The zero-order chi connectivity index (χ0) is 8.39. The summed E-state index contributed by atoms with van der Waals surface area (Å²) in [5.74, 6) is 0. The Morgan fingerprint density at radius 3 is 3.08 bits per heavy atom. The first-order valence-corrected chi connectivity index (χ1v) is 5.01. The van der Waals surface area contributed by atoms with Gasteiger partial charge in [-0.15, -0.1) is 0 Å². The van der Waals surface area contributed by atoms with E-state index in [0.717, 1.165) is 23.0 Å². The predicted octanol–water partition coefficient (Wildman–Crippen LogP) is 1.97. The maximum Gasteiger partial charge on any atom is 0.123 e. The number of nitrogens with zero attached hydrogens (tertiary/aromatic N) is 1. The Bertz CT molecular complexity index is 255. The Morgan fingerprint density at radius 2 is 2.50 bits per heavy atom. The predicted molar refractivity (Wildman–Crippen MR) is 49.1 cm³/mol. The average Bonchev–Trinajstić information content (AvgIpc) is 2.54. The molecular weight excluding hydrogens is 172 g/mol. The van der Waals surface area contributed by atoms with Crippen molar-refractivity contribution in [3.63, 3.8) is 0 Å². The normalized spacial score (nSPS) is 24.2. The van der Waals surface area contributed by atoms with Crippen LogP contribution in [0.4, 0.5) is 5.00 Å². The molecule has 0 spiro atoms. The SMILES string of the molecule is Nc1cnc(C2CCCCO2)s1. The van der Waals surface area contributed by atoms with E-state index in [1.807, 2.05) is 0 Å². The summed E-state index contributed by atoms with van der Waals surface area (Å²) in [5, 5.41) is 1.81. The van der Waals surface area contributed by atoms with E-state index in [1.165, 1.54) is 24.2 Å². The lowest BCUT2D eigenvalue weighted by molar-refractivity contribution is 0.0148. The third-order valence-electron chi connectivity index (χ3n) is 2.00. The number of hydrogen-bond acceptors (Lipinski definition) is 4. The number of thiazole rings is 1. The van der Waals surface area contributed by atoms with Crippen LogP contribution >= 0.6 is 11.3 Å². The largest absolute Gasteiger partial charge is 0.389 e. The summed E-state index contributed by atoms with van der Waals surface area (Å²) in [4.78, 5) is 4.21. The third-order valence-corrected chi connectivity index (χ3v) is 2.92. The van der Waals surface area contributed by atoms with Gasteiger partial charge in [0.2, 0.25) is 0 Å². The van der Waals surface area contributed by atoms with E-state index in [4.69, 9.17) is 10.5 Å². The second kappa shape index (κ2) is 3.41. The van der Waals surface area contributed by atoms with E-state index in [0.29, 0.717) is 0 Å². The molecule has 0 amide bonds. The molecule has 0 saturated carbocycles. The Balaban J connectivity index is 2.08. The molecular formula is C8H12N2OS. The molecule has 1 saturated heterocycles. The summed E-state index contributed by atoms with van der Waals surface area (Å²) >= 11 is 1.54. The van der Waals surface area contributed by atoms with Gasteiger partial charge in [0.05, 0.1) is 6.20 Å². The van der Waals surface area contributed by atoms with Crippen LogP contribution in [0.2, 0.25) is 0 Å². The van der Waals surface area contributed by atoms with Gasteiger partial charge in [0, 0.05) is 6.61 Å². The van der Waals surface area contributed by atoms with Crippen LogP contribution < -0.4 is 5.73 Å². The molecule has 0 aromatic carbocycles. The minimum absolute atomic E-state index is 0.209. The van der Waals surface area contributed by atoms with Crippen LogP contribution in [0.25, 0.3) is 0 Å². The smallest absolute Gasteiger partial charge is 0.123 e. The van der Waals surface area contributed by atoms with E-state index in [2.05, 4.69) is 4.98 Å². The molecule has 0 radical (unpaired) electrons. The summed E-state index contributed by atoms with van der Waals surface area (Å²) in [5.41, 5.74) is 5.59. The van der Waals surface area contributed by atoms with Crippen molar-refractivity contribution >= 4 is 16.3 Å². The van der Waals surface area contributed by atoms with Gasteiger partial charge in [0.25, 0.3) is 0 Å². The van der Waals surface area contributed by atoms with Crippen molar-refractivity contribution in [1.29, 1.82) is 0 Å². The third kappa shape index (κ3) is 1.59. The molecule has 3 nitrogen and oxygen atoms in total. The van der Waals surface area contributed by atoms with E-state index in [1.54, 1.807) is 6.20 Å². The molecule has 1 unspecified atom stereocenters. The molecule has 4 heteroatoms. The minimum Gasteiger partial charge on any atom is -0.389 e. The van der Waals surface area contributed by atoms with Crippen molar-refractivity contribution in [2.45, 2.75) is 25.4 Å². The topological polar surface area (TPSA) is 48.1 Å². The number of ether oxygens (including phenoxy) is 1. The van der Waals surface area contributed by atoms with E-state index < -0.39 is 0 Å². The Labute approximate surface area is 75.6 Å². The summed E-state index contributed by atoms with van der Waals surface area (Å²) < 4.78 is 5.57. The van der Waals surface area contributed by atoms with E-state index >= 15 is 0 Å². The van der Waals surface area contributed by atoms with E-state index in [9.17, 15) is 0 Å². The van der Waals surface area contributed by atoms with Crippen LogP contribution in [-0.4, -0.2) is 11.6 Å².